The van der Waals surface area contributed by atoms with Crippen molar-refractivity contribution in [1.29, 1.82) is 0 Å². The lowest BCUT2D eigenvalue weighted by atomic mass is 10.2. The molecule has 1 saturated heterocycles. The topological polar surface area (TPSA) is 71.6 Å². The molecule has 6 nitrogen and oxygen atoms in total. The average Bonchev–Trinajstić information content (AvgIpc) is 3.06. The molecule has 1 aliphatic heterocycles. The molecular formula is C15H20FN3O3S. The highest BCUT2D eigenvalue weighted by Crippen LogP contribution is 2.13. The smallest absolute Gasteiger partial charge is 0.279 e. The van der Waals surface area contributed by atoms with Crippen molar-refractivity contribution in [3.05, 3.63) is 30.1 Å². The van der Waals surface area contributed by atoms with Gasteiger partial charge >= 0.3 is 0 Å². The molecule has 2 rings (SSSR count). The lowest BCUT2D eigenvalue weighted by Gasteiger charge is -2.17. The summed E-state index contributed by atoms with van der Waals surface area (Å²) in [5.41, 5.74) is 5.06. The third kappa shape index (κ3) is 5.99. The van der Waals surface area contributed by atoms with Crippen LogP contribution < -0.4 is 20.9 Å². The van der Waals surface area contributed by atoms with Gasteiger partial charge in [0.25, 0.3) is 5.91 Å². The molecule has 23 heavy (non-hydrogen) atoms. The lowest BCUT2D eigenvalue weighted by Crippen LogP contribution is -2.51. The molecule has 126 valence electrons. The van der Waals surface area contributed by atoms with Gasteiger partial charge in [0.15, 0.2) is 11.2 Å². The highest BCUT2D eigenvalue weighted by atomic mass is 32.1. The zero-order valence-electron chi connectivity index (χ0n) is 12.8. The van der Waals surface area contributed by atoms with Gasteiger partial charge in [-0.2, -0.15) is 0 Å². The second-order valence-corrected chi connectivity index (χ2v) is 5.58. The monoisotopic (exact) mass is 341 g/mol. The number of thiocarbonyl (C=S) groups is 1. The van der Waals surface area contributed by atoms with Crippen LogP contribution in [0.15, 0.2) is 24.3 Å². The Hall–Kier alpha value is -1.93. The summed E-state index contributed by atoms with van der Waals surface area (Å²) in [6, 6.07) is 5.45. The molecular weight excluding hydrogens is 321 g/mol. The number of amides is 1. The number of rotatable bonds is 5. The van der Waals surface area contributed by atoms with E-state index in [1.807, 2.05) is 0 Å². The van der Waals surface area contributed by atoms with Crippen LogP contribution in [0.25, 0.3) is 0 Å². The number of benzene rings is 1. The molecule has 0 bridgehead atoms. The Morgan fingerprint density at radius 2 is 2.17 bits per heavy atom. The lowest BCUT2D eigenvalue weighted by molar-refractivity contribution is -0.127. The van der Waals surface area contributed by atoms with Crippen LogP contribution in [0.1, 0.15) is 19.8 Å². The van der Waals surface area contributed by atoms with Gasteiger partial charge in [-0.3, -0.25) is 15.6 Å². The summed E-state index contributed by atoms with van der Waals surface area (Å²) in [5.74, 6) is -0.345. The van der Waals surface area contributed by atoms with Crippen molar-refractivity contribution in [2.24, 2.45) is 0 Å². The molecule has 8 heteroatoms. The van der Waals surface area contributed by atoms with Gasteiger partial charge in [0.2, 0.25) is 0 Å². The van der Waals surface area contributed by atoms with E-state index in [0.717, 1.165) is 19.4 Å². The molecule has 0 radical (unpaired) electrons. The molecule has 0 spiro atoms. The fourth-order valence-electron chi connectivity index (χ4n) is 2.05. The Labute approximate surface area is 139 Å². The predicted octanol–water partition coefficient (Wildman–Crippen LogP) is 1.27. The van der Waals surface area contributed by atoms with Crippen molar-refractivity contribution in [3.63, 3.8) is 0 Å². The van der Waals surface area contributed by atoms with E-state index in [2.05, 4.69) is 16.2 Å². The van der Waals surface area contributed by atoms with Crippen molar-refractivity contribution in [2.75, 3.05) is 13.2 Å². The van der Waals surface area contributed by atoms with E-state index in [0.29, 0.717) is 17.4 Å². The summed E-state index contributed by atoms with van der Waals surface area (Å²) < 4.78 is 23.7. The number of halogens is 1. The third-order valence-corrected chi connectivity index (χ3v) is 3.56. The molecule has 0 saturated carbocycles. The number of carbonyl (C=O) groups is 1. The maximum atomic E-state index is 12.8. The van der Waals surface area contributed by atoms with E-state index in [1.165, 1.54) is 24.3 Å². The van der Waals surface area contributed by atoms with E-state index in [-0.39, 0.29) is 11.9 Å². The summed E-state index contributed by atoms with van der Waals surface area (Å²) in [4.78, 5) is 11.9. The molecule has 1 aromatic rings. The second kappa shape index (κ2) is 8.64. The number of ether oxygens (including phenoxy) is 2. The Balaban J connectivity index is 1.66. The molecule has 1 aromatic carbocycles. The van der Waals surface area contributed by atoms with Crippen LogP contribution in [0.3, 0.4) is 0 Å². The van der Waals surface area contributed by atoms with Gasteiger partial charge in [0, 0.05) is 13.2 Å². The minimum Gasteiger partial charge on any atom is -0.481 e. The van der Waals surface area contributed by atoms with E-state index >= 15 is 0 Å². The van der Waals surface area contributed by atoms with Gasteiger partial charge in [0.1, 0.15) is 11.6 Å². The number of hydrazine groups is 1. The van der Waals surface area contributed by atoms with Gasteiger partial charge in [-0.05, 0) is 56.2 Å². The summed E-state index contributed by atoms with van der Waals surface area (Å²) >= 11 is 5.06. The van der Waals surface area contributed by atoms with Gasteiger partial charge in [0.05, 0.1) is 6.10 Å². The van der Waals surface area contributed by atoms with Crippen LogP contribution in [0.2, 0.25) is 0 Å². The Bertz CT molecular complexity index is 535. The first-order chi connectivity index (χ1) is 11.0. The average molecular weight is 341 g/mol. The maximum absolute atomic E-state index is 12.8. The fraction of sp³-hybridized carbons (Fsp3) is 0.467. The van der Waals surface area contributed by atoms with Crippen LogP contribution in [-0.4, -0.2) is 36.4 Å². The number of carbonyl (C=O) groups excluding carboxylic acids is 1. The third-order valence-electron chi connectivity index (χ3n) is 3.31. The quantitative estimate of drug-likeness (QED) is 0.553. The summed E-state index contributed by atoms with van der Waals surface area (Å²) in [6.45, 7) is 2.97. The molecule has 2 atom stereocenters. The normalized spacial score (nSPS) is 18.1. The van der Waals surface area contributed by atoms with Crippen LogP contribution >= 0.6 is 12.2 Å². The van der Waals surface area contributed by atoms with Crippen molar-refractivity contribution >= 4 is 23.2 Å². The highest BCUT2D eigenvalue weighted by molar-refractivity contribution is 7.80. The summed E-state index contributed by atoms with van der Waals surface area (Å²) in [5, 5.41) is 3.28. The van der Waals surface area contributed by atoms with Crippen molar-refractivity contribution < 1.29 is 18.7 Å². The summed E-state index contributed by atoms with van der Waals surface area (Å²) in [6.07, 6.45) is 1.46. The first kappa shape index (κ1) is 17.4. The number of hydrogen-bond donors (Lipinski definition) is 3. The standard InChI is InChI=1S/C15H20FN3O3S/c1-10(22-12-6-4-11(16)5-7-12)14(20)18-19-15(23)17-9-13-3-2-8-21-13/h4-7,10,13H,2-3,8-9H2,1H3,(H,18,20)(H2,17,19,23)/t10-,13-/m1/s1. The van der Waals surface area contributed by atoms with Gasteiger partial charge in [-0.15, -0.1) is 0 Å². The largest absolute Gasteiger partial charge is 0.481 e. The zero-order chi connectivity index (χ0) is 16.7. The first-order valence-corrected chi connectivity index (χ1v) is 7.83. The van der Waals surface area contributed by atoms with E-state index in [9.17, 15) is 9.18 Å². The van der Waals surface area contributed by atoms with E-state index in [4.69, 9.17) is 21.7 Å². The van der Waals surface area contributed by atoms with Crippen LogP contribution in [0, 0.1) is 5.82 Å². The van der Waals surface area contributed by atoms with Gasteiger partial charge in [-0.1, -0.05) is 0 Å². The molecule has 0 unspecified atom stereocenters. The maximum Gasteiger partial charge on any atom is 0.279 e. The zero-order valence-corrected chi connectivity index (χ0v) is 13.6. The molecule has 1 aliphatic rings. The van der Waals surface area contributed by atoms with Crippen molar-refractivity contribution in [2.45, 2.75) is 32.0 Å². The van der Waals surface area contributed by atoms with Gasteiger partial charge < -0.3 is 14.8 Å². The minimum atomic E-state index is -0.756. The highest BCUT2D eigenvalue weighted by Gasteiger charge is 2.17. The summed E-state index contributed by atoms with van der Waals surface area (Å²) in [7, 11) is 0. The Morgan fingerprint density at radius 3 is 2.83 bits per heavy atom. The number of nitrogens with one attached hydrogen (secondary N) is 3. The van der Waals surface area contributed by atoms with E-state index in [1.54, 1.807) is 6.92 Å². The van der Waals surface area contributed by atoms with Crippen LogP contribution in [0.4, 0.5) is 4.39 Å². The molecule has 0 aromatic heterocycles. The Morgan fingerprint density at radius 1 is 1.43 bits per heavy atom. The fourth-order valence-corrected chi connectivity index (χ4v) is 2.18. The van der Waals surface area contributed by atoms with Crippen molar-refractivity contribution in [3.8, 4) is 5.75 Å². The van der Waals surface area contributed by atoms with Crippen molar-refractivity contribution in [1.82, 2.24) is 16.2 Å². The van der Waals surface area contributed by atoms with Crippen LogP contribution in [-0.2, 0) is 9.53 Å². The second-order valence-electron chi connectivity index (χ2n) is 5.17. The first-order valence-electron chi connectivity index (χ1n) is 7.42. The Kier molecular flexibility index (Phi) is 6.54. The molecule has 0 aliphatic carbocycles. The molecule has 1 amide bonds. The molecule has 3 N–H and O–H groups in total. The SMILES string of the molecule is C[C@@H](Oc1ccc(F)cc1)C(=O)NNC(=S)NC[C@H]1CCCO1. The molecule has 1 fully saturated rings. The minimum absolute atomic E-state index is 0.159. The van der Waals surface area contributed by atoms with E-state index < -0.39 is 12.0 Å². The molecule has 1 heterocycles. The van der Waals surface area contributed by atoms with Gasteiger partial charge in [-0.25, -0.2) is 4.39 Å². The number of hydrogen-bond acceptors (Lipinski definition) is 4. The predicted molar refractivity (Wildman–Crippen MR) is 87.3 cm³/mol. The van der Waals surface area contributed by atoms with Crippen LogP contribution in [0.5, 0.6) is 5.75 Å².